The number of ether oxygens (including phenoxy) is 7. The van der Waals surface area contributed by atoms with Crippen molar-refractivity contribution in [3.63, 3.8) is 0 Å². The van der Waals surface area contributed by atoms with E-state index in [1.165, 1.54) is 0 Å². The van der Waals surface area contributed by atoms with Crippen LogP contribution in [0, 0.1) is 0 Å². The van der Waals surface area contributed by atoms with Crippen molar-refractivity contribution in [2.75, 3.05) is 69.4 Å². The summed E-state index contributed by atoms with van der Waals surface area (Å²) in [7, 11) is 11.8. The Labute approximate surface area is 574 Å². The van der Waals surface area contributed by atoms with Gasteiger partial charge in [-0.05, 0) is 293 Å². The van der Waals surface area contributed by atoms with Gasteiger partial charge >= 0.3 is 0 Å². The Balaban J connectivity index is 0.828. The molecule has 0 atom stereocenters. The van der Waals surface area contributed by atoms with Crippen LogP contribution in [-0.4, -0.2) is 49.8 Å². The molecule has 13 aromatic rings. The highest BCUT2D eigenvalue weighted by Crippen LogP contribution is 2.44. The van der Waals surface area contributed by atoms with Gasteiger partial charge < -0.3 is 52.8 Å². The fraction of sp³-hybridized carbons (Fsp3) is 0.0805. The average Bonchev–Trinajstić information content (AvgIpc) is 0.860. The number of anilines is 12. The fourth-order valence-corrected chi connectivity index (χ4v) is 12.1. The van der Waals surface area contributed by atoms with Crippen LogP contribution in [0.3, 0.4) is 0 Å². The Morgan fingerprint density at radius 3 is 0.439 bits per heavy atom. The second kappa shape index (κ2) is 29.8. The molecule has 11 heteroatoms. The molecule has 0 spiro atoms. The molecule has 0 N–H and O–H groups in total. The zero-order chi connectivity index (χ0) is 67.3. The lowest BCUT2D eigenvalue weighted by Crippen LogP contribution is -2.10. The molecule has 0 amide bonds. The zero-order valence-electron chi connectivity index (χ0n) is 55.7. The number of benzene rings is 13. The maximum atomic E-state index is 5.64. The lowest BCUT2D eigenvalue weighted by atomic mass is 9.93. The first-order valence-corrected chi connectivity index (χ1v) is 32.2. The van der Waals surface area contributed by atoms with Crippen molar-refractivity contribution < 1.29 is 33.2 Å². The fourth-order valence-electron chi connectivity index (χ4n) is 12.1. The second-order valence-electron chi connectivity index (χ2n) is 23.2. The number of hydrogen-bond donors (Lipinski definition) is 0. The summed E-state index contributed by atoms with van der Waals surface area (Å²) < 4.78 is 38.8. The summed E-state index contributed by atoms with van der Waals surface area (Å²) in [6.07, 6.45) is 4.30. The number of hydrogen-bond acceptors (Lipinski definition) is 11. The average molecular weight is 1290 g/mol. The Morgan fingerprint density at radius 2 is 0.296 bits per heavy atom. The van der Waals surface area contributed by atoms with Crippen LogP contribution in [0.15, 0.2) is 309 Å². The van der Waals surface area contributed by atoms with Crippen LogP contribution < -0.4 is 52.8 Å². The first-order chi connectivity index (χ1) is 48.2. The van der Waals surface area contributed by atoms with Crippen LogP contribution in [0.1, 0.15) is 11.1 Å². The van der Waals surface area contributed by atoms with Crippen molar-refractivity contribution in [3.8, 4) is 73.6 Å². The first-order valence-electron chi connectivity index (χ1n) is 32.2. The van der Waals surface area contributed by atoms with E-state index in [2.05, 4.69) is 256 Å². The van der Waals surface area contributed by atoms with Crippen molar-refractivity contribution in [1.82, 2.24) is 0 Å². The predicted octanol–water partition coefficient (Wildman–Crippen LogP) is 22.8. The van der Waals surface area contributed by atoms with Gasteiger partial charge in [-0.2, -0.15) is 0 Å². The van der Waals surface area contributed by atoms with E-state index in [-0.39, 0.29) is 0 Å². The lowest BCUT2D eigenvalue weighted by Gasteiger charge is -2.26. The standard InChI is InChI=1S/C87H74N4O7/c1-92-81-44-30-74(31-45-81)88(69-20-10-61(11-21-69)8-9-62-12-22-70(23-13-62)89(75-32-46-82(93-2)47-33-75)76-34-48-83(94-3)49-35-76)71-24-14-63(15-25-71)66-58-67(64-16-26-72(27-17-64)90(77-36-50-84(95-4)51-37-77)78-38-52-85(96-5)53-39-78)60-68(59-66)65-18-28-73(29-19-65)91(79-40-54-86(97-6)55-41-79)80-42-56-87(98-7)57-43-80/h8-60H,1-7H3/b9-8+. The Hall–Kier alpha value is -12.6. The van der Waals surface area contributed by atoms with E-state index in [9.17, 15) is 0 Å². The quantitative estimate of drug-likeness (QED) is 0.0543. The Kier molecular flexibility index (Phi) is 19.5. The summed E-state index contributed by atoms with van der Waals surface area (Å²) in [5.74, 6) is 5.53. The minimum Gasteiger partial charge on any atom is -0.497 e. The third kappa shape index (κ3) is 14.4. The minimum absolute atomic E-state index is 0.783. The molecule has 0 saturated heterocycles. The van der Waals surface area contributed by atoms with Gasteiger partial charge in [0.25, 0.3) is 0 Å². The van der Waals surface area contributed by atoms with Crippen molar-refractivity contribution >= 4 is 80.4 Å². The van der Waals surface area contributed by atoms with Crippen LogP contribution in [0.2, 0.25) is 0 Å². The second-order valence-corrected chi connectivity index (χ2v) is 23.2. The van der Waals surface area contributed by atoms with Crippen molar-refractivity contribution in [2.24, 2.45) is 0 Å². The van der Waals surface area contributed by atoms with Gasteiger partial charge in [-0.15, -0.1) is 0 Å². The van der Waals surface area contributed by atoms with E-state index in [0.717, 1.165) is 153 Å². The Bertz CT molecular complexity index is 4460. The van der Waals surface area contributed by atoms with Gasteiger partial charge in [-0.1, -0.05) is 72.8 Å². The highest BCUT2D eigenvalue weighted by molar-refractivity contribution is 5.87. The smallest absolute Gasteiger partial charge is 0.119 e. The van der Waals surface area contributed by atoms with Gasteiger partial charge in [-0.3, -0.25) is 0 Å². The SMILES string of the molecule is COc1ccc(N(c2ccc(/C=C/c3ccc(N(c4ccc(OC)cc4)c4ccc(-c5cc(-c6ccc(N(c7ccc(OC)cc7)c7ccc(OC)cc7)cc6)cc(-c6ccc(N(c7ccc(OC)cc7)c7ccc(OC)cc7)cc6)c5)cc4)cc3)cc2)c2ccc(OC)cc2)cc1. The van der Waals surface area contributed by atoms with Gasteiger partial charge in [-0.25, -0.2) is 0 Å². The molecule has 0 unspecified atom stereocenters. The summed E-state index contributed by atoms with van der Waals surface area (Å²) in [5, 5.41) is 0. The van der Waals surface area contributed by atoms with Crippen molar-refractivity contribution in [2.45, 2.75) is 0 Å². The predicted molar refractivity (Wildman–Crippen MR) is 403 cm³/mol. The minimum atomic E-state index is 0.783. The topological polar surface area (TPSA) is 77.6 Å². The van der Waals surface area contributed by atoms with Gasteiger partial charge in [0.2, 0.25) is 0 Å². The third-order valence-electron chi connectivity index (χ3n) is 17.4. The van der Waals surface area contributed by atoms with Crippen LogP contribution in [0.25, 0.3) is 45.5 Å². The third-order valence-corrected chi connectivity index (χ3v) is 17.4. The number of nitrogens with zero attached hydrogens (tertiary/aromatic N) is 4. The Morgan fingerprint density at radius 1 is 0.163 bits per heavy atom. The van der Waals surface area contributed by atoms with Crippen LogP contribution in [0.5, 0.6) is 40.2 Å². The van der Waals surface area contributed by atoms with E-state index >= 15 is 0 Å². The summed E-state index contributed by atoms with van der Waals surface area (Å²) in [6, 6.07) is 107. The van der Waals surface area contributed by atoms with E-state index in [4.69, 9.17) is 33.2 Å². The normalized spacial score (nSPS) is 11.0. The maximum absolute atomic E-state index is 5.64. The van der Waals surface area contributed by atoms with Crippen molar-refractivity contribution in [1.29, 1.82) is 0 Å². The maximum Gasteiger partial charge on any atom is 0.119 e. The molecule has 13 rings (SSSR count). The summed E-state index contributed by atoms with van der Waals surface area (Å²) in [6.45, 7) is 0. The number of rotatable bonds is 24. The molecule has 0 aromatic heterocycles. The molecule has 0 heterocycles. The first kappa shape index (κ1) is 64.1. The summed E-state index contributed by atoms with van der Waals surface area (Å²) in [5.41, 5.74) is 20.6. The van der Waals surface area contributed by atoms with Crippen LogP contribution in [0.4, 0.5) is 68.2 Å². The van der Waals surface area contributed by atoms with Gasteiger partial charge in [0.15, 0.2) is 0 Å². The summed E-state index contributed by atoms with van der Waals surface area (Å²) in [4.78, 5) is 8.97. The highest BCUT2D eigenvalue weighted by Gasteiger charge is 2.20. The summed E-state index contributed by atoms with van der Waals surface area (Å²) >= 11 is 0. The van der Waals surface area contributed by atoms with Gasteiger partial charge in [0.1, 0.15) is 40.2 Å². The molecule has 484 valence electrons. The largest absolute Gasteiger partial charge is 0.497 e. The number of methoxy groups -OCH3 is 7. The highest BCUT2D eigenvalue weighted by atomic mass is 16.5. The zero-order valence-corrected chi connectivity index (χ0v) is 55.7. The monoisotopic (exact) mass is 1290 g/mol. The van der Waals surface area contributed by atoms with Gasteiger partial charge in [0.05, 0.1) is 49.8 Å². The van der Waals surface area contributed by atoms with E-state index in [0.29, 0.717) is 0 Å². The van der Waals surface area contributed by atoms with Crippen LogP contribution in [-0.2, 0) is 0 Å². The molecular weight excluding hydrogens is 1210 g/mol. The van der Waals surface area contributed by atoms with Crippen molar-refractivity contribution in [3.05, 3.63) is 321 Å². The molecular formula is C87H74N4O7. The molecule has 0 radical (unpaired) electrons. The van der Waals surface area contributed by atoms with Crippen LogP contribution >= 0.6 is 0 Å². The molecule has 0 aliphatic heterocycles. The van der Waals surface area contributed by atoms with E-state index < -0.39 is 0 Å². The van der Waals surface area contributed by atoms with E-state index in [1.54, 1.807) is 49.8 Å². The molecule has 0 aliphatic carbocycles. The van der Waals surface area contributed by atoms with E-state index in [1.807, 2.05) is 84.9 Å². The van der Waals surface area contributed by atoms with Gasteiger partial charge in [0, 0.05) is 68.2 Å². The molecule has 0 saturated carbocycles. The molecule has 0 bridgehead atoms. The molecule has 98 heavy (non-hydrogen) atoms. The molecule has 0 fully saturated rings. The molecule has 11 nitrogen and oxygen atoms in total. The molecule has 0 aliphatic rings. The molecule has 13 aromatic carbocycles. The lowest BCUT2D eigenvalue weighted by molar-refractivity contribution is 0.414.